The molecule has 0 amide bonds. The Labute approximate surface area is 108 Å². The van der Waals surface area contributed by atoms with E-state index in [1.807, 2.05) is 20.8 Å². The van der Waals surface area contributed by atoms with Crippen LogP contribution in [0.3, 0.4) is 0 Å². The normalized spacial score (nSPS) is 10.4. The molecule has 1 aromatic rings. The van der Waals surface area contributed by atoms with Crippen molar-refractivity contribution in [3.63, 3.8) is 0 Å². The molecule has 18 heavy (non-hydrogen) atoms. The van der Waals surface area contributed by atoms with Crippen LogP contribution in [0.1, 0.15) is 44.0 Å². The van der Waals surface area contributed by atoms with E-state index in [9.17, 15) is 4.79 Å². The lowest BCUT2D eigenvalue weighted by atomic mass is 10.2. The van der Waals surface area contributed by atoms with Crippen molar-refractivity contribution in [3.05, 3.63) is 23.8 Å². The highest BCUT2D eigenvalue weighted by Crippen LogP contribution is 2.24. The Morgan fingerprint density at radius 3 is 2.67 bits per heavy atom. The van der Waals surface area contributed by atoms with Gasteiger partial charge in [-0.1, -0.05) is 13.3 Å². The number of rotatable bonds is 6. The van der Waals surface area contributed by atoms with Gasteiger partial charge in [-0.2, -0.15) is 0 Å². The van der Waals surface area contributed by atoms with E-state index in [0.717, 1.165) is 12.8 Å². The number of benzene rings is 1. The van der Waals surface area contributed by atoms with Gasteiger partial charge in [0, 0.05) is 0 Å². The molecule has 2 N–H and O–H groups in total. The summed E-state index contributed by atoms with van der Waals surface area (Å²) in [5.41, 5.74) is 6.74. The molecular weight excluding hydrogens is 230 g/mol. The summed E-state index contributed by atoms with van der Waals surface area (Å²) in [7, 11) is 0. The fourth-order valence-electron chi connectivity index (χ4n) is 1.43. The quantitative estimate of drug-likeness (QED) is 0.479. The van der Waals surface area contributed by atoms with E-state index in [1.54, 1.807) is 18.2 Å². The molecule has 0 aliphatic carbocycles. The highest BCUT2D eigenvalue weighted by Gasteiger charge is 2.10. The van der Waals surface area contributed by atoms with Crippen LogP contribution in [0.2, 0.25) is 0 Å². The summed E-state index contributed by atoms with van der Waals surface area (Å²) in [6.07, 6.45) is 1.92. The SMILES string of the molecule is CCCCOC(=O)c1ccc(OC(C)C)c(N)c1. The van der Waals surface area contributed by atoms with Crippen molar-refractivity contribution < 1.29 is 14.3 Å². The first-order chi connectivity index (χ1) is 8.54. The molecule has 0 radical (unpaired) electrons. The first kappa shape index (κ1) is 14.4. The molecule has 0 aliphatic heterocycles. The van der Waals surface area contributed by atoms with E-state index in [-0.39, 0.29) is 12.1 Å². The minimum Gasteiger partial charge on any atom is -0.489 e. The van der Waals surface area contributed by atoms with Gasteiger partial charge >= 0.3 is 5.97 Å². The Balaban J connectivity index is 2.68. The average molecular weight is 251 g/mol. The molecule has 0 aromatic heterocycles. The number of ether oxygens (including phenoxy) is 2. The van der Waals surface area contributed by atoms with Gasteiger partial charge in [-0.25, -0.2) is 4.79 Å². The minimum absolute atomic E-state index is 0.0506. The standard InChI is InChI=1S/C14H21NO3/c1-4-5-8-17-14(16)11-6-7-13(12(15)9-11)18-10(2)3/h6-7,9-10H,4-5,8,15H2,1-3H3. The van der Waals surface area contributed by atoms with Crippen LogP contribution >= 0.6 is 0 Å². The topological polar surface area (TPSA) is 61.5 Å². The molecule has 0 bridgehead atoms. The second-order valence-electron chi connectivity index (χ2n) is 4.41. The molecular formula is C14H21NO3. The number of unbranched alkanes of at least 4 members (excludes halogenated alkanes) is 1. The molecule has 1 rings (SSSR count). The maximum atomic E-state index is 11.7. The number of hydrogen-bond acceptors (Lipinski definition) is 4. The Hall–Kier alpha value is -1.71. The van der Waals surface area contributed by atoms with E-state index in [1.165, 1.54) is 0 Å². The molecule has 1 aromatic carbocycles. The van der Waals surface area contributed by atoms with E-state index >= 15 is 0 Å². The van der Waals surface area contributed by atoms with E-state index in [2.05, 4.69) is 0 Å². The van der Waals surface area contributed by atoms with Crippen LogP contribution in [0.5, 0.6) is 5.75 Å². The molecule has 4 heteroatoms. The Kier molecular flexibility index (Phi) is 5.49. The third-order valence-electron chi connectivity index (χ3n) is 2.34. The van der Waals surface area contributed by atoms with Gasteiger partial charge < -0.3 is 15.2 Å². The molecule has 100 valence electrons. The molecule has 0 aliphatic rings. The first-order valence-electron chi connectivity index (χ1n) is 6.28. The summed E-state index contributed by atoms with van der Waals surface area (Å²) in [5.74, 6) is 0.251. The Morgan fingerprint density at radius 2 is 2.11 bits per heavy atom. The maximum Gasteiger partial charge on any atom is 0.338 e. The molecule has 0 saturated heterocycles. The van der Waals surface area contributed by atoms with Gasteiger partial charge in [0.05, 0.1) is 24.0 Å². The van der Waals surface area contributed by atoms with Crippen LogP contribution in [0, 0.1) is 0 Å². The van der Waals surface area contributed by atoms with Crippen molar-refractivity contribution >= 4 is 11.7 Å². The summed E-state index contributed by atoms with van der Waals surface area (Å²) in [6, 6.07) is 4.96. The van der Waals surface area contributed by atoms with Gasteiger partial charge in [-0.05, 0) is 38.5 Å². The number of carbonyl (C=O) groups excluding carboxylic acids is 1. The van der Waals surface area contributed by atoms with Crippen molar-refractivity contribution in [1.29, 1.82) is 0 Å². The smallest absolute Gasteiger partial charge is 0.338 e. The van der Waals surface area contributed by atoms with E-state index < -0.39 is 0 Å². The Bertz CT molecular complexity index is 402. The van der Waals surface area contributed by atoms with Crippen molar-refractivity contribution in [2.24, 2.45) is 0 Å². The fourth-order valence-corrected chi connectivity index (χ4v) is 1.43. The lowest BCUT2D eigenvalue weighted by molar-refractivity contribution is 0.0500. The van der Waals surface area contributed by atoms with Gasteiger partial charge in [0.15, 0.2) is 0 Å². The third-order valence-corrected chi connectivity index (χ3v) is 2.34. The third kappa shape index (κ3) is 4.28. The monoisotopic (exact) mass is 251 g/mol. The van der Waals surface area contributed by atoms with E-state index in [4.69, 9.17) is 15.2 Å². The van der Waals surface area contributed by atoms with Crippen LogP contribution in [-0.4, -0.2) is 18.7 Å². The molecule has 0 atom stereocenters. The molecule has 0 unspecified atom stereocenters. The van der Waals surface area contributed by atoms with Gasteiger partial charge in [0.2, 0.25) is 0 Å². The van der Waals surface area contributed by atoms with E-state index in [0.29, 0.717) is 23.6 Å². The van der Waals surface area contributed by atoms with Gasteiger partial charge in [-0.15, -0.1) is 0 Å². The summed E-state index contributed by atoms with van der Waals surface area (Å²) in [5, 5.41) is 0. The zero-order valence-electron chi connectivity index (χ0n) is 11.2. The second kappa shape index (κ2) is 6.89. The van der Waals surface area contributed by atoms with Gasteiger partial charge in [0.1, 0.15) is 5.75 Å². The van der Waals surface area contributed by atoms with Crippen molar-refractivity contribution in [2.45, 2.75) is 39.7 Å². The number of anilines is 1. The van der Waals surface area contributed by atoms with Crippen LogP contribution in [0.4, 0.5) is 5.69 Å². The largest absolute Gasteiger partial charge is 0.489 e. The number of nitrogen functional groups attached to an aromatic ring is 1. The van der Waals surface area contributed by atoms with Crippen LogP contribution in [0.25, 0.3) is 0 Å². The summed E-state index contributed by atoms with van der Waals surface area (Å²) < 4.78 is 10.6. The zero-order chi connectivity index (χ0) is 13.5. The lowest BCUT2D eigenvalue weighted by Crippen LogP contribution is -2.10. The molecule has 0 fully saturated rings. The van der Waals surface area contributed by atoms with Gasteiger partial charge in [-0.3, -0.25) is 0 Å². The van der Waals surface area contributed by atoms with Crippen LogP contribution in [-0.2, 0) is 4.74 Å². The van der Waals surface area contributed by atoms with Crippen LogP contribution in [0.15, 0.2) is 18.2 Å². The zero-order valence-corrected chi connectivity index (χ0v) is 11.2. The van der Waals surface area contributed by atoms with Crippen LogP contribution < -0.4 is 10.5 Å². The molecule has 0 spiro atoms. The Morgan fingerprint density at radius 1 is 1.39 bits per heavy atom. The van der Waals surface area contributed by atoms with Gasteiger partial charge in [0.25, 0.3) is 0 Å². The number of carbonyl (C=O) groups is 1. The number of hydrogen-bond donors (Lipinski definition) is 1. The second-order valence-corrected chi connectivity index (χ2v) is 4.41. The lowest BCUT2D eigenvalue weighted by Gasteiger charge is -2.12. The first-order valence-corrected chi connectivity index (χ1v) is 6.28. The highest BCUT2D eigenvalue weighted by molar-refractivity contribution is 5.91. The molecule has 0 heterocycles. The summed E-state index contributed by atoms with van der Waals surface area (Å²) in [4.78, 5) is 11.7. The predicted molar refractivity (Wildman–Crippen MR) is 71.8 cm³/mol. The summed E-state index contributed by atoms with van der Waals surface area (Å²) >= 11 is 0. The highest BCUT2D eigenvalue weighted by atomic mass is 16.5. The molecule has 4 nitrogen and oxygen atoms in total. The average Bonchev–Trinajstić information content (AvgIpc) is 2.31. The number of esters is 1. The van der Waals surface area contributed by atoms with Crippen molar-refractivity contribution in [3.8, 4) is 5.75 Å². The minimum atomic E-state index is -0.341. The molecule has 0 saturated carbocycles. The maximum absolute atomic E-state index is 11.7. The fraction of sp³-hybridized carbons (Fsp3) is 0.500. The predicted octanol–water partition coefficient (Wildman–Crippen LogP) is 3.01. The van der Waals surface area contributed by atoms with Crippen molar-refractivity contribution in [2.75, 3.05) is 12.3 Å². The van der Waals surface area contributed by atoms with Crippen molar-refractivity contribution in [1.82, 2.24) is 0 Å². The summed E-state index contributed by atoms with van der Waals surface area (Å²) in [6.45, 7) is 6.34. The number of nitrogens with two attached hydrogens (primary N) is 1.